The minimum Gasteiger partial charge on any atom is -0.310 e. The number of benzene rings is 8. The third kappa shape index (κ3) is 4.63. The average molecular weight is 604 g/mol. The summed E-state index contributed by atoms with van der Waals surface area (Å²) >= 11 is 1.87. The van der Waals surface area contributed by atoms with Crippen molar-refractivity contribution < 1.29 is 0 Å². The molecule has 0 aliphatic rings. The minimum absolute atomic E-state index is 1.12. The molecule has 0 bridgehead atoms. The molecular formula is C44H29NS. The van der Waals surface area contributed by atoms with Crippen molar-refractivity contribution in [2.75, 3.05) is 4.90 Å². The molecule has 0 fully saturated rings. The van der Waals surface area contributed by atoms with Crippen molar-refractivity contribution in [2.45, 2.75) is 0 Å². The van der Waals surface area contributed by atoms with Crippen LogP contribution >= 0.6 is 11.3 Å². The molecule has 0 unspecified atom stereocenters. The Kier molecular flexibility index (Phi) is 6.40. The van der Waals surface area contributed by atoms with Gasteiger partial charge in [-0.25, -0.2) is 0 Å². The third-order valence-corrected chi connectivity index (χ3v) is 10.1. The van der Waals surface area contributed by atoms with Crippen LogP contribution in [0.5, 0.6) is 0 Å². The predicted molar refractivity (Wildman–Crippen MR) is 200 cm³/mol. The fourth-order valence-corrected chi connectivity index (χ4v) is 7.86. The summed E-state index contributed by atoms with van der Waals surface area (Å²) in [5, 5.41) is 7.68. The molecule has 0 saturated carbocycles. The molecule has 1 aromatic heterocycles. The zero-order valence-electron chi connectivity index (χ0n) is 25.1. The number of fused-ring (bicyclic) bond motifs is 5. The highest BCUT2D eigenvalue weighted by molar-refractivity contribution is 7.25. The van der Waals surface area contributed by atoms with Gasteiger partial charge in [0.05, 0.1) is 5.69 Å². The van der Waals surface area contributed by atoms with E-state index in [1.54, 1.807) is 0 Å². The normalized spacial score (nSPS) is 11.5. The predicted octanol–water partition coefficient (Wildman–Crippen LogP) is 13.2. The number of para-hydroxylation sites is 1. The van der Waals surface area contributed by atoms with Crippen LogP contribution in [0, 0.1) is 0 Å². The van der Waals surface area contributed by atoms with Gasteiger partial charge in [-0.3, -0.25) is 0 Å². The lowest BCUT2D eigenvalue weighted by atomic mass is 9.98. The molecule has 1 nitrogen and oxygen atoms in total. The largest absolute Gasteiger partial charge is 0.310 e. The molecule has 1 heterocycles. The number of rotatable bonds is 5. The van der Waals surface area contributed by atoms with Gasteiger partial charge < -0.3 is 4.90 Å². The highest BCUT2D eigenvalue weighted by atomic mass is 32.1. The second kappa shape index (κ2) is 11.0. The van der Waals surface area contributed by atoms with E-state index >= 15 is 0 Å². The van der Waals surface area contributed by atoms with E-state index in [1.807, 2.05) is 11.3 Å². The van der Waals surface area contributed by atoms with Gasteiger partial charge in [0.1, 0.15) is 0 Å². The second-order valence-electron chi connectivity index (χ2n) is 11.8. The fraction of sp³-hybridized carbons (Fsp3) is 0. The summed E-state index contributed by atoms with van der Waals surface area (Å²) in [5.41, 5.74) is 8.22. The van der Waals surface area contributed by atoms with E-state index in [2.05, 4.69) is 181 Å². The number of anilines is 3. The lowest BCUT2D eigenvalue weighted by Crippen LogP contribution is -2.11. The highest BCUT2D eigenvalue weighted by Gasteiger charge is 2.18. The average Bonchev–Trinajstić information content (AvgIpc) is 3.49. The molecule has 9 aromatic rings. The molecule has 2 heteroatoms. The molecule has 0 saturated heterocycles. The Balaban J connectivity index is 1.16. The summed E-state index contributed by atoms with van der Waals surface area (Å²) in [7, 11) is 0. The molecule has 216 valence electrons. The minimum atomic E-state index is 1.12. The summed E-state index contributed by atoms with van der Waals surface area (Å²) in [5.74, 6) is 0. The molecular weight excluding hydrogens is 575 g/mol. The Hall–Kier alpha value is -5.70. The number of hydrogen-bond acceptors (Lipinski definition) is 2. The number of nitrogens with zero attached hydrogens (tertiary/aromatic N) is 1. The van der Waals surface area contributed by atoms with Crippen LogP contribution in [-0.4, -0.2) is 0 Å². The van der Waals surface area contributed by atoms with E-state index in [9.17, 15) is 0 Å². The van der Waals surface area contributed by atoms with Gasteiger partial charge in [-0.1, -0.05) is 121 Å². The Bertz CT molecular complexity index is 2530. The summed E-state index contributed by atoms with van der Waals surface area (Å²) in [6.45, 7) is 0. The Morgan fingerprint density at radius 3 is 1.91 bits per heavy atom. The van der Waals surface area contributed by atoms with Gasteiger partial charge in [0.25, 0.3) is 0 Å². The van der Waals surface area contributed by atoms with Crippen molar-refractivity contribution in [3.8, 4) is 22.3 Å². The lowest BCUT2D eigenvalue weighted by molar-refractivity contribution is 1.29. The third-order valence-electron chi connectivity index (χ3n) is 9.02. The van der Waals surface area contributed by atoms with Crippen molar-refractivity contribution >= 4 is 70.1 Å². The first kappa shape index (κ1) is 26.7. The van der Waals surface area contributed by atoms with E-state index < -0.39 is 0 Å². The Morgan fingerprint density at radius 1 is 0.348 bits per heavy atom. The standard InChI is InChI=1S/C44H29NS/c1-2-11-32(12-3-1)39-14-6-8-16-42(39)45(38-25-22-30-10-4-5-13-33(30)27-38)37-23-20-31(21-24-37)34-18-19-35-29-44-41(28-36(35)26-34)40-15-7-9-17-43(40)46-44/h1-29H. The van der Waals surface area contributed by atoms with Crippen molar-refractivity contribution in [1.29, 1.82) is 0 Å². The highest BCUT2D eigenvalue weighted by Crippen LogP contribution is 2.42. The molecule has 0 radical (unpaired) electrons. The van der Waals surface area contributed by atoms with Gasteiger partial charge in [-0.2, -0.15) is 0 Å². The molecule has 0 spiro atoms. The van der Waals surface area contributed by atoms with Crippen LogP contribution in [0.15, 0.2) is 176 Å². The van der Waals surface area contributed by atoms with E-state index in [0.29, 0.717) is 0 Å². The first-order valence-corrected chi connectivity index (χ1v) is 16.5. The Morgan fingerprint density at radius 2 is 1.02 bits per heavy atom. The van der Waals surface area contributed by atoms with Gasteiger partial charge >= 0.3 is 0 Å². The first-order chi connectivity index (χ1) is 22.8. The van der Waals surface area contributed by atoms with E-state index in [1.165, 1.54) is 64.0 Å². The van der Waals surface area contributed by atoms with Crippen molar-refractivity contribution in [3.05, 3.63) is 176 Å². The van der Waals surface area contributed by atoms with Gasteiger partial charge in [0.2, 0.25) is 0 Å². The quantitative estimate of drug-likeness (QED) is 0.189. The summed E-state index contributed by atoms with van der Waals surface area (Å²) < 4.78 is 2.68. The first-order valence-electron chi connectivity index (χ1n) is 15.7. The maximum atomic E-state index is 2.39. The monoisotopic (exact) mass is 603 g/mol. The SMILES string of the molecule is c1ccc(-c2ccccc2N(c2ccc(-c3ccc4cc5sc6ccccc6c5cc4c3)cc2)c2ccc3ccccc3c2)cc1. The van der Waals surface area contributed by atoms with Crippen LogP contribution in [0.4, 0.5) is 17.1 Å². The smallest absolute Gasteiger partial charge is 0.0540 e. The maximum Gasteiger partial charge on any atom is 0.0540 e. The fourth-order valence-electron chi connectivity index (χ4n) is 6.72. The van der Waals surface area contributed by atoms with Crippen LogP contribution in [0.25, 0.3) is 64.0 Å². The van der Waals surface area contributed by atoms with Gasteiger partial charge in [0, 0.05) is 37.1 Å². The molecule has 46 heavy (non-hydrogen) atoms. The Labute approximate surface area is 272 Å². The van der Waals surface area contributed by atoms with E-state index in [0.717, 1.165) is 17.1 Å². The van der Waals surface area contributed by atoms with Crippen LogP contribution < -0.4 is 4.90 Å². The van der Waals surface area contributed by atoms with E-state index in [4.69, 9.17) is 0 Å². The maximum absolute atomic E-state index is 2.39. The van der Waals surface area contributed by atoms with Crippen molar-refractivity contribution in [3.63, 3.8) is 0 Å². The van der Waals surface area contributed by atoms with Gasteiger partial charge in [0.15, 0.2) is 0 Å². The van der Waals surface area contributed by atoms with Crippen molar-refractivity contribution in [2.24, 2.45) is 0 Å². The molecule has 0 aliphatic heterocycles. The summed E-state index contributed by atoms with van der Waals surface area (Å²) in [4.78, 5) is 2.39. The van der Waals surface area contributed by atoms with Crippen LogP contribution in [0.3, 0.4) is 0 Å². The lowest BCUT2D eigenvalue weighted by Gasteiger charge is -2.28. The second-order valence-corrected chi connectivity index (χ2v) is 12.9. The molecule has 8 aromatic carbocycles. The van der Waals surface area contributed by atoms with Crippen LogP contribution in [0.2, 0.25) is 0 Å². The van der Waals surface area contributed by atoms with E-state index in [-0.39, 0.29) is 0 Å². The molecule has 0 atom stereocenters. The van der Waals surface area contributed by atoms with Crippen LogP contribution in [0.1, 0.15) is 0 Å². The summed E-state index contributed by atoms with van der Waals surface area (Å²) in [6.07, 6.45) is 0. The topological polar surface area (TPSA) is 3.24 Å². The van der Waals surface area contributed by atoms with Crippen molar-refractivity contribution in [1.82, 2.24) is 0 Å². The molecule has 0 amide bonds. The number of hydrogen-bond donors (Lipinski definition) is 0. The molecule has 0 aliphatic carbocycles. The zero-order valence-corrected chi connectivity index (χ0v) is 25.9. The van der Waals surface area contributed by atoms with Gasteiger partial charge in [-0.15, -0.1) is 11.3 Å². The molecule has 9 rings (SSSR count). The number of thiophene rings is 1. The van der Waals surface area contributed by atoms with Gasteiger partial charge in [-0.05, 0) is 92.8 Å². The van der Waals surface area contributed by atoms with Crippen LogP contribution in [-0.2, 0) is 0 Å². The summed E-state index contributed by atoms with van der Waals surface area (Å²) in [6, 6.07) is 64.0. The molecule has 0 N–H and O–H groups in total. The zero-order chi connectivity index (χ0) is 30.5.